The number of ether oxygens (including phenoxy) is 2. The van der Waals surface area contributed by atoms with Crippen LogP contribution in [0.2, 0.25) is 0 Å². The number of methoxy groups -OCH3 is 2. The van der Waals surface area contributed by atoms with Crippen LogP contribution in [0, 0.1) is 0 Å². The van der Waals surface area contributed by atoms with Gasteiger partial charge in [-0.2, -0.15) is 0 Å². The minimum absolute atomic E-state index is 0.103. The maximum absolute atomic E-state index is 12.9. The summed E-state index contributed by atoms with van der Waals surface area (Å²) in [4.78, 5) is 12.8. The van der Waals surface area contributed by atoms with Crippen LogP contribution in [-0.4, -0.2) is 28.5 Å². The van der Waals surface area contributed by atoms with Gasteiger partial charge in [-0.1, -0.05) is 48.5 Å². The van der Waals surface area contributed by atoms with Crippen LogP contribution in [0.4, 0.5) is 0 Å². The smallest absolute Gasteiger partial charge is 0.251 e. The lowest BCUT2D eigenvalue weighted by molar-refractivity contribution is 0.0939. The van der Waals surface area contributed by atoms with Gasteiger partial charge >= 0.3 is 0 Å². The summed E-state index contributed by atoms with van der Waals surface area (Å²) in [5.74, 6) is 0.397. The van der Waals surface area contributed by atoms with Gasteiger partial charge in [-0.3, -0.25) is 4.79 Å². The van der Waals surface area contributed by atoms with E-state index in [1.54, 1.807) is 7.11 Å². The highest BCUT2D eigenvalue weighted by molar-refractivity contribution is 7.89. The van der Waals surface area contributed by atoms with E-state index < -0.39 is 15.9 Å². The Morgan fingerprint density at radius 3 is 2.25 bits per heavy atom. The largest absolute Gasteiger partial charge is 0.496 e. The Labute approximate surface area is 188 Å². The predicted molar refractivity (Wildman–Crippen MR) is 122 cm³/mol. The van der Waals surface area contributed by atoms with Gasteiger partial charge in [-0.15, -0.1) is 0 Å². The van der Waals surface area contributed by atoms with E-state index in [4.69, 9.17) is 9.47 Å². The molecule has 168 valence electrons. The molecule has 0 fully saturated rings. The van der Waals surface area contributed by atoms with Gasteiger partial charge in [0.2, 0.25) is 10.0 Å². The summed E-state index contributed by atoms with van der Waals surface area (Å²) < 4.78 is 39.0. The third-order valence-corrected chi connectivity index (χ3v) is 6.40. The summed E-state index contributed by atoms with van der Waals surface area (Å²) in [6.45, 7) is 1.95. The summed E-state index contributed by atoms with van der Waals surface area (Å²) in [5, 5.41) is 2.89. The number of benzene rings is 3. The number of carbonyl (C=O) groups is 1. The molecule has 0 bridgehead atoms. The van der Waals surface area contributed by atoms with Gasteiger partial charge in [0.1, 0.15) is 16.4 Å². The molecule has 32 heavy (non-hydrogen) atoms. The Bertz CT molecular complexity index is 1180. The molecule has 0 aliphatic carbocycles. The van der Waals surface area contributed by atoms with Gasteiger partial charge < -0.3 is 14.8 Å². The highest BCUT2D eigenvalue weighted by Crippen LogP contribution is 2.27. The number of para-hydroxylation sites is 1. The lowest BCUT2D eigenvalue weighted by Crippen LogP contribution is -2.28. The standard InChI is InChI=1S/C24H26N2O5S/c1-17(20-11-7-8-12-21(20)30-2)26-24(27)19-13-14-22(31-3)23(15-19)32(28,29)25-16-18-9-5-4-6-10-18/h4-15,17,25H,16H2,1-3H3,(H,26,27)/t17-/m1/s1. The normalized spacial score (nSPS) is 12.1. The molecule has 3 aromatic carbocycles. The highest BCUT2D eigenvalue weighted by atomic mass is 32.2. The third-order valence-electron chi connectivity index (χ3n) is 4.98. The van der Waals surface area contributed by atoms with Crippen molar-refractivity contribution in [1.29, 1.82) is 0 Å². The zero-order chi connectivity index (χ0) is 23.1. The van der Waals surface area contributed by atoms with E-state index in [-0.39, 0.29) is 28.8 Å². The average molecular weight is 455 g/mol. The van der Waals surface area contributed by atoms with Gasteiger partial charge in [0, 0.05) is 17.7 Å². The van der Waals surface area contributed by atoms with E-state index in [0.29, 0.717) is 5.75 Å². The van der Waals surface area contributed by atoms with Crippen LogP contribution in [0.5, 0.6) is 11.5 Å². The molecule has 0 unspecified atom stereocenters. The van der Waals surface area contributed by atoms with Crippen LogP contribution in [-0.2, 0) is 16.6 Å². The van der Waals surface area contributed by atoms with Crippen molar-refractivity contribution in [2.45, 2.75) is 24.4 Å². The molecule has 3 rings (SSSR count). The molecule has 8 heteroatoms. The van der Waals surface area contributed by atoms with E-state index in [0.717, 1.165) is 11.1 Å². The van der Waals surface area contributed by atoms with E-state index in [9.17, 15) is 13.2 Å². The number of carbonyl (C=O) groups excluding carboxylic acids is 1. The highest BCUT2D eigenvalue weighted by Gasteiger charge is 2.22. The molecule has 1 amide bonds. The van der Waals surface area contributed by atoms with Crippen LogP contribution < -0.4 is 19.5 Å². The van der Waals surface area contributed by atoms with Crippen LogP contribution in [0.15, 0.2) is 77.7 Å². The van der Waals surface area contributed by atoms with Crippen LogP contribution >= 0.6 is 0 Å². The minimum atomic E-state index is -3.92. The predicted octanol–water partition coefficient (Wildman–Crippen LogP) is 3.67. The van der Waals surface area contributed by atoms with Crippen molar-refractivity contribution in [3.8, 4) is 11.5 Å². The Morgan fingerprint density at radius 1 is 0.906 bits per heavy atom. The van der Waals surface area contributed by atoms with Gasteiger partial charge in [0.25, 0.3) is 5.91 Å². The minimum Gasteiger partial charge on any atom is -0.496 e. The van der Waals surface area contributed by atoms with Crippen LogP contribution in [0.3, 0.4) is 0 Å². The lowest BCUT2D eigenvalue weighted by atomic mass is 10.1. The summed E-state index contributed by atoms with van der Waals surface area (Å²) in [6.07, 6.45) is 0. The third kappa shape index (κ3) is 5.46. The SMILES string of the molecule is COc1ccccc1[C@@H](C)NC(=O)c1ccc(OC)c(S(=O)(=O)NCc2ccccc2)c1. The van der Waals surface area contributed by atoms with E-state index in [1.165, 1.54) is 25.3 Å². The van der Waals surface area contributed by atoms with E-state index in [2.05, 4.69) is 10.0 Å². The van der Waals surface area contributed by atoms with Crippen molar-refractivity contribution in [2.24, 2.45) is 0 Å². The Kier molecular flexibility index (Phi) is 7.50. The summed E-state index contributed by atoms with van der Waals surface area (Å²) in [6, 6.07) is 20.5. The first-order valence-corrected chi connectivity index (χ1v) is 11.5. The molecular formula is C24H26N2O5S. The summed E-state index contributed by atoms with van der Waals surface area (Å²) in [5.41, 5.74) is 1.83. The fourth-order valence-corrected chi connectivity index (χ4v) is 4.47. The zero-order valence-corrected chi connectivity index (χ0v) is 19.0. The first-order valence-electron chi connectivity index (χ1n) is 10.0. The van der Waals surface area contributed by atoms with Crippen molar-refractivity contribution in [3.63, 3.8) is 0 Å². The first kappa shape index (κ1) is 23.3. The van der Waals surface area contributed by atoms with E-state index >= 15 is 0 Å². The maximum atomic E-state index is 12.9. The van der Waals surface area contributed by atoms with Gasteiger partial charge in [-0.25, -0.2) is 13.1 Å². The van der Waals surface area contributed by atoms with Crippen molar-refractivity contribution >= 4 is 15.9 Å². The van der Waals surface area contributed by atoms with Gasteiger partial charge in [0.15, 0.2) is 0 Å². The molecule has 0 aliphatic heterocycles. The Hall–Kier alpha value is -3.36. The number of nitrogens with one attached hydrogen (secondary N) is 2. The Balaban J connectivity index is 1.82. The molecule has 0 aliphatic rings. The fourth-order valence-electron chi connectivity index (χ4n) is 3.26. The molecule has 0 saturated heterocycles. The van der Waals surface area contributed by atoms with Crippen molar-refractivity contribution in [2.75, 3.05) is 14.2 Å². The lowest BCUT2D eigenvalue weighted by Gasteiger charge is -2.18. The number of hydrogen-bond acceptors (Lipinski definition) is 5. The van der Waals surface area contributed by atoms with Crippen molar-refractivity contribution < 1.29 is 22.7 Å². The van der Waals surface area contributed by atoms with Crippen molar-refractivity contribution in [3.05, 3.63) is 89.5 Å². The van der Waals surface area contributed by atoms with Gasteiger partial charge in [-0.05, 0) is 36.8 Å². The fraction of sp³-hybridized carbons (Fsp3) is 0.208. The molecule has 0 aromatic heterocycles. The zero-order valence-electron chi connectivity index (χ0n) is 18.2. The van der Waals surface area contributed by atoms with Crippen LogP contribution in [0.25, 0.3) is 0 Å². The quantitative estimate of drug-likeness (QED) is 0.515. The summed E-state index contributed by atoms with van der Waals surface area (Å²) in [7, 11) is -0.974. The monoisotopic (exact) mass is 454 g/mol. The molecule has 0 spiro atoms. The topological polar surface area (TPSA) is 93.7 Å². The number of amides is 1. The summed E-state index contributed by atoms with van der Waals surface area (Å²) >= 11 is 0. The van der Waals surface area contributed by atoms with Gasteiger partial charge in [0.05, 0.1) is 20.3 Å². The molecule has 7 nitrogen and oxygen atoms in total. The average Bonchev–Trinajstić information content (AvgIpc) is 2.82. The molecular weight excluding hydrogens is 428 g/mol. The Morgan fingerprint density at radius 2 is 1.56 bits per heavy atom. The maximum Gasteiger partial charge on any atom is 0.251 e. The van der Waals surface area contributed by atoms with E-state index in [1.807, 2.05) is 61.5 Å². The molecule has 1 atom stereocenters. The molecule has 3 aromatic rings. The second kappa shape index (κ2) is 10.3. The second-order valence-electron chi connectivity index (χ2n) is 7.11. The number of sulfonamides is 1. The number of rotatable bonds is 9. The van der Waals surface area contributed by atoms with Crippen LogP contribution in [0.1, 0.15) is 34.5 Å². The number of hydrogen-bond donors (Lipinski definition) is 2. The molecule has 0 heterocycles. The second-order valence-corrected chi connectivity index (χ2v) is 8.85. The first-order chi connectivity index (χ1) is 15.4. The van der Waals surface area contributed by atoms with Crippen molar-refractivity contribution in [1.82, 2.24) is 10.0 Å². The molecule has 0 saturated carbocycles. The molecule has 2 N–H and O–H groups in total. The molecule has 0 radical (unpaired) electrons.